The average Bonchev–Trinajstić information content (AvgIpc) is 3.03. The fourth-order valence-electron chi connectivity index (χ4n) is 3.61. The number of allylic oxidation sites excluding steroid dienone is 1. The highest BCUT2D eigenvalue weighted by molar-refractivity contribution is 5.55. The van der Waals surface area contributed by atoms with Crippen LogP contribution in [0.3, 0.4) is 0 Å². The summed E-state index contributed by atoms with van der Waals surface area (Å²) in [6, 6.07) is 17.1. The van der Waals surface area contributed by atoms with E-state index in [0.29, 0.717) is 17.1 Å². The molecule has 1 aromatic heterocycles. The summed E-state index contributed by atoms with van der Waals surface area (Å²) in [5.74, 6) is -0.498. The maximum atomic E-state index is 11.9. The van der Waals surface area contributed by atoms with Gasteiger partial charge in [0.25, 0.3) is 5.88 Å². The second-order valence-electron chi connectivity index (χ2n) is 7.08. The number of nitro groups is 1. The van der Waals surface area contributed by atoms with Gasteiger partial charge in [-0.2, -0.15) is 5.10 Å². The van der Waals surface area contributed by atoms with Crippen molar-refractivity contribution in [2.75, 3.05) is 19.0 Å². The number of aromatic nitrogens is 2. The van der Waals surface area contributed by atoms with E-state index in [1.165, 1.54) is 0 Å². The van der Waals surface area contributed by atoms with Crippen molar-refractivity contribution in [2.45, 2.75) is 12.8 Å². The minimum absolute atomic E-state index is 0.175. The smallest absolute Gasteiger partial charge is 0.317 e. The molecule has 1 aliphatic rings. The highest BCUT2D eigenvalue weighted by Crippen LogP contribution is 2.45. The lowest BCUT2D eigenvalue weighted by molar-refractivity contribution is -0.432. The van der Waals surface area contributed by atoms with Gasteiger partial charge in [0, 0.05) is 19.8 Å². The summed E-state index contributed by atoms with van der Waals surface area (Å²) in [5.41, 5.74) is 9.68. The van der Waals surface area contributed by atoms with Gasteiger partial charge in [0.15, 0.2) is 0 Å². The van der Waals surface area contributed by atoms with E-state index >= 15 is 0 Å². The summed E-state index contributed by atoms with van der Waals surface area (Å²) < 4.78 is 7.37. The van der Waals surface area contributed by atoms with E-state index in [1.807, 2.05) is 80.5 Å². The lowest BCUT2D eigenvalue weighted by Crippen LogP contribution is -2.26. The minimum atomic E-state index is -0.678. The standard InChI is InChI=1S/C21H21N5O3/c1-13-17-18(14-9-11-15(12-10-14)24(2)3)19(26(27)28)20(22)29-21(17)25(23-13)16-7-5-4-6-8-16/h4-12,18H,22H2,1-3H3/t18-/m0/s1. The topological polar surface area (TPSA) is 99.5 Å². The number of para-hydroxylation sites is 1. The lowest BCUT2D eigenvalue weighted by atomic mass is 9.87. The Hall–Kier alpha value is -3.81. The third kappa shape index (κ3) is 3.08. The molecule has 148 valence electrons. The average molecular weight is 391 g/mol. The first-order valence-electron chi connectivity index (χ1n) is 9.12. The summed E-state index contributed by atoms with van der Waals surface area (Å²) in [6.07, 6.45) is 0. The second kappa shape index (κ2) is 6.97. The number of anilines is 1. The molecule has 0 saturated heterocycles. The number of nitrogens with zero attached hydrogens (tertiary/aromatic N) is 4. The Balaban J connectivity index is 1.92. The first-order chi connectivity index (χ1) is 13.9. The monoisotopic (exact) mass is 391 g/mol. The molecule has 0 saturated carbocycles. The molecule has 0 amide bonds. The Morgan fingerprint density at radius 3 is 2.38 bits per heavy atom. The van der Waals surface area contributed by atoms with E-state index in [9.17, 15) is 10.1 Å². The van der Waals surface area contributed by atoms with Crippen LogP contribution < -0.4 is 15.4 Å². The number of nitrogens with two attached hydrogens (primary N) is 1. The van der Waals surface area contributed by atoms with E-state index in [1.54, 1.807) is 4.68 Å². The van der Waals surface area contributed by atoms with Crippen LogP contribution in [0.4, 0.5) is 5.69 Å². The van der Waals surface area contributed by atoms with Crippen LogP contribution in [0, 0.1) is 17.0 Å². The lowest BCUT2D eigenvalue weighted by Gasteiger charge is -2.23. The van der Waals surface area contributed by atoms with Gasteiger partial charge in [-0.1, -0.05) is 30.3 Å². The molecule has 0 unspecified atom stereocenters. The number of ether oxygens (including phenoxy) is 1. The largest absolute Gasteiger partial charge is 0.416 e. The number of aryl methyl sites for hydroxylation is 1. The molecule has 2 N–H and O–H groups in total. The van der Waals surface area contributed by atoms with Crippen molar-refractivity contribution < 1.29 is 9.66 Å². The zero-order chi connectivity index (χ0) is 20.7. The molecule has 4 rings (SSSR count). The van der Waals surface area contributed by atoms with Gasteiger partial charge in [0.05, 0.1) is 21.9 Å². The van der Waals surface area contributed by atoms with E-state index in [4.69, 9.17) is 10.5 Å². The van der Waals surface area contributed by atoms with Gasteiger partial charge in [0.1, 0.15) is 5.92 Å². The number of fused-ring (bicyclic) bond motifs is 1. The Kier molecular flexibility index (Phi) is 4.46. The van der Waals surface area contributed by atoms with Gasteiger partial charge in [-0.3, -0.25) is 10.1 Å². The van der Waals surface area contributed by atoms with Gasteiger partial charge in [-0.25, -0.2) is 4.68 Å². The van der Waals surface area contributed by atoms with E-state index in [0.717, 1.165) is 16.9 Å². The number of hydrogen-bond donors (Lipinski definition) is 1. The summed E-state index contributed by atoms with van der Waals surface area (Å²) >= 11 is 0. The van der Waals surface area contributed by atoms with Crippen molar-refractivity contribution in [1.29, 1.82) is 0 Å². The van der Waals surface area contributed by atoms with E-state index < -0.39 is 10.8 Å². The Labute approximate surface area is 168 Å². The molecule has 0 spiro atoms. The molecule has 0 radical (unpaired) electrons. The van der Waals surface area contributed by atoms with Gasteiger partial charge in [-0.15, -0.1) is 0 Å². The Morgan fingerprint density at radius 1 is 1.14 bits per heavy atom. The van der Waals surface area contributed by atoms with E-state index in [2.05, 4.69) is 5.10 Å². The number of hydrogen-bond acceptors (Lipinski definition) is 6. The summed E-state index contributed by atoms with van der Waals surface area (Å²) in [6.45, 7) is 1.82. The fraction of sp³-hybridized carbons (Fsp3) is 0.190. The normalized spacial score (nSPS) is 15.6. The van der Waals surface area contributed by atoms with Crippen molar-refractivity contribution in [3.63, 3.8) is 0 Å². The van der Waals surface area contributed by atoms with Crippen molar-refractivity contribution in [2.24, 2.45) is 5.73 Å². The zero-order valence-electron chi connectivity index (χ0n) is 16.4. The van der Waals surface area contributed by atoms with Crippen LogP contribution in [0.1, 0.15) is 22.7 Å². The van der Waals surface area contributed by atoms with Crippen molar-refractivity contribution in [3.05, 3.63) is 93.1 Å². The van der Waals surface area contributed by atoms with Crippen molar-refractivity contribution >= 4 is 5.69 Å². The van der Waals surface area contributed by atoms with Crippen LogP contribution in [0.2, 0.25) is 0 Å². The fourth-order valence-corrected chi connectivity index (χ4v) is 3.61. The SMILES string of the molecule is Cc1nn(-c2ccccc2)c2c1[C@H](c1ccc(N(C)C)cc1)C([N+](=O)[O-])=C(N)O2. The predicted molar refractivity (Wildman–Crippen MR) is 110 cm³/mol. The van der Waals surface area contributed by atoms with Gasteiger partial charge in [0.2, 0.25) is 5.88 Å². The molecule has 1 atom stereocenters. The molecule has 8 heteroatoms. The quantitative estimate of drug-likeness (QED) is 0.542. The van der Waals surface area contributed by atoms with Crippen LogP contribution in [-0.2, 0) is 0 Å². The molecule has 8 nitrogen and oxygen atoms in total. The third-order valence-electron chi connectivity index (χ3n) is 5.02. The predicted octanol–water partition coefficient (Wildman–Crippen LogP) is 3.18. The van der Waals surface area contributed by atoms with Crippen LogP contribution in [0.25, 0.3) is 5.69 Å². The third-order valence-corrected chi connectivity index (χ3v) is 5.02. The van der Waals surface area contributed by atoms with Gasteiger partial charge >= 0.3 is 5.70 Å². The maximum Gasteiger partial charge on any atom is 0.317 e. The molecule has 2 aromatic carbocycles. The molecule has 29 heavy (non-hydrogen) atoms. The number of rotatable bonds is 4. The number of benzene rings is 2. The summed E-state index contributed by atoms with van der Waals surface area (Å²) in [4.78, 5) is 13.4. The molecule has 1 aliphatic heterocycles. The van der Waals surface area contributed by atoms with Crippen LogP contribution >= 0.6 is 0 Å². The van der Waals surface area contributed by atoms with E-state index in [-0.39, 0.29) is 11.6 Å². The Morgan fingerprint density at radius 2 is 1.79 bits per heavy atom. The molecular weight excluding hydrogens is 370 g/mol. The molecule has 0 bridgehead atoms. The Bertz CT molecular complexity index is 1100. The van der Waals surface area contributed by atoms with Gasteiger partial charge in [-0.05, 0) is 36.8 Å². The van der Waals surface area contributed by atoms with Crippen LogP contribution in [0.5, 0.6) is 5.88 Å². The maximum absolute atomic E-state index is 11.9. The van der Waals surface area contributed by atoms with Crippen LogP contribution in [0.15, 0.2) is 66.2 Å². The minimum Gasteiger partial charge on any atom is -0.416 e. The van der Waals surface area contributed by atoms with Crippen molar-refractivity contribution in [1.82, 2.24) is 9.78 Å². The molecule has 3 aromatic rings. The molecule has 2 heterocycles. The summed E-state index contributed by atoms with van der Waals surface area (Å²) in [7, 11) is 3.88. The first-order valence-corrected chi connectivity index (χ1v) is 9.12. The molecule has 0 aliphatic carbocycles. The highest BCUT2D eigenvalue weighted by atomic mass is 16.6. The zero-order valence-corrected chi connectivity index (χ0v) is 16.4. The summed E-state index contributed by atoms with van der Waals surface area (Å²) in [5, 5.41) is 16.5. The van der Waals surface area contributed by atoms with Crippen molar-refractivity contribution in [3.8, 4) is 11.6 Å². The molecular formula is C21H21N5O3. The highest BCUT2D eigenvalue weighted by Gasteiger charge is 2.42. The van der Waals surface area contributed by atoms with Crippen LogP contribution in [-0.4, -0.2) is 28.8 Å². The molecule has 0 fully saturated rings. The van der Waals surface area contributed by atoms with Gasteiger partial charge < -0.3 is 15.4 Å². The second-order valence-corrected chi connectivity index (χ2v) is 7.08. The first kappa shape index (κ1) is 18.5.